The summed E-state index contributed by atoms with van der Waals surface area (Å²) in [6.07, 6.45) is 1.49. The summed E-state index contributed by atoms with van der Waals surface area (Å²) in [6, 6.07) is 18.6. The van der Waals surface area contributed by atoms with Crippen LogP contribution in [0.5, 0.6) is 0 Å². The van der Waals surface area contributed by atoms with Crippen molar-refractivity contribution in [3.05, 3.63) is 72.6 Å². The van der Waals surface area contributed by atoms with Gasteiger partial charge in [-0.25, -0.2) is 14.8 Å². The van der Waals surface area contributed by atoms with Crippen LogP contribution in [0.2, 0.25) is 0 Å². The van der Waals surface area contributed by atoms with E-state index in [0.717, 1.165) is 11.4 Å². The third-order valence-electron chi connectivity index (χ3n) is 3.38. The number of esters is 1. The third kappa shape index (κ3) is 4.54. The predicted octanol–water partition coefficient (Wildman–Crippen LogP) is 4.14. The van der Waals surface area contributed by atoms with Gasteiger partial charge in [0.1, 0.15) is 18.0 Å². The molecule has 6 heteroatoms. The molecule has 0 atom stereocenters. The molecule has 126 valence electrons. The highest BCUT2D eigenvalue weighted by Gasteiger charge is 2.06. The maximum absolute atomic E-state index is 11.7. The van der Waals surface area contributed by atoms with Crippen LogP contribution in [-0.2, 0) is 4.74 Å². The fourth-order valence-corrected chi connectivity index (χ4v) is 2.22. The number of ether oxygens (including phenoxy) is 1. The van der Waals surface area contributed by atoms with Gasteiger partial charge in [0, 0.05) is 17.4 Å². The van der Waals surface area contributed by atoms with Crippen LogP contribution in [0.1, 0.15) is 17.3 Å². The second-order valence-electron chi connectivity index (χ2n) is 5.20. The Morgan fingerprint density at radius 3 is 2.12 bits per heavy atom. The number of para-hydroxylation sites is 1. The van der Waals surface area contributed by atoms with E-state index in [1.807, 2.05) is 36.4 Å². The SMILES string of the molecule is CCOC(=O)c1ccc(Nc2cc(Nc3ccccc3)ncn2)cc1. The quantitative estimate of drug-likeness (QED) is 0.660. The fraction of sp³-hybridized carbons (Fsp3) is 0.105. The minimum atomic E-state index is -0.328. The molecule has 0 fully saturated rings. The summed E-state index contributed by atoms with van der Waals surface area (Å²) in [5.74, 6) is 1.01. The van der Waals surface area contributed by atoms with E-state index in [2.05, 4.69) is 20.6 Å². The van der Waals surface area contributed by atoms with Crippen molar-refractivity contribution in [3.63, 3.8) is 0 Å². The number of hydrogen-bond donors (Lipinski definition) is 2. The maximum Gasteiger partial charge on any atom is 0.338 e. The number of nitrogens with one attached hydrogen (secondary N) is 2. The third-order valence-corrected chi connectivity index (χ3v) is 3.38. The molecule has 2 aromatic carbocycles. The van der Waals surface area contributed by atoms with Crippen molar-refractivity contribution in [2.75, 3.05) is 17.2 Å². The fourth-order valence-electron chi connectivity index (χ4n) is 2.22. The number of anilines is 4. The van der Waals surface area contributed by atoms with Crippen molar-refractivity contribution in [1.82, 2.24) is 9.97 Å². The molecule has 6 nitrogen and oxygen atoms in total. The van der Waals surface area contributed by atoms with Crippen molar-refractivity contribution in [1.29, 1.82) is 0 Å². The van der Waals surface area contributed by atoms with Gasteiger partial charge < -0.3 is 15.4 Å². The molecule has 0 unspecified atom stereocenters. The van der Waals surface area contributed by atoms with Gasteiger partial charge >= 0.3 is 5.97 Å². The lowest BCUT2D eigenvalue weighted by molar-refractivity contribution is 0.0526. The zero-order valence-corrected chi connectivity index (χ0v) is 13.8. The minimum absolute atomic E-state index is 0.328. The highest BCUT2D eigenvalue weighted by Crippen LogP contribution is 2.19. The molecule has 0 aliphatic carbocycles. The summed E-state index contributed by atoms with van der Waals surface area (Å²) in [5.41, 5.74) is 2.28. The largest absolute Gasteiger partial charge is 0.462 e. The molecule has 0 amide bonds. The van der Waals surface area contributed by atoms with Gasteiger partial charge in [0.2, 0.25) is 0 Å². The Morgan fingerprint density at radius 1 is 0.920 bits per heavy atom. The van der Waals surface area contributed by atoms with Crippen LogP contribution in [0.15, 0.2) is 67.0 Å². The Kier molecular flexibility index (Phi) is 5.21. The Bertz CT molecular complexity index is 836. The minimum Gasteiger partial charge on any atom is -0.462 e. The first-order valence-electron chi connectivity index (χ1n) is 7.93. The lowest BCUT2D eigenvalue weighted by atomic mass is 10.2. The van der Waals surface area contributed by atoms with Crippen LogP contribution in [0.25, 0.3) is 0 Å². The molecule has 1 aromatic heterocycles. The Labute approximate surface area is 145 Å². The van der Waals surface area contributed by atoms with E-state index in [4.69, 9.17) is 4.74 Å². The smallest absolute Gasteiger partial charge is 0.338 e. The monoisotopic (exact) mass is 334 g/mol. The van der Waals surface area contributed by atoms with Crippen LogP contribution in [-0.4, -0.2) is 22.5 Å². The van der Waals surface area contributed by atoms with E-state index >= 15 is 0 Å². The Balaban J connectivity index is 1.68. The van der Waals surface area contributed by atoms with E-state index in [1.54, 1.807) is 31.2 Å². The van der Waals surface area contributed by atoms with Gasteiger partial charge in [0.15, 0.2) is 0 Å². The van der Waals surface area contributed by atoms with Gasteiger partial charge in [-0.3, -0.25) is 0 Å². The molecule has 0 aliphatic rings. The number of rotatable bonds is 6. The normalized spacial score (nSPS) is 10.1. The van der Waals surface area contributed by atoms with Crippen molar-refractivity contribution in [3.8, 4) is 0 Å². The molecule has 3 rings (SSSR count). The van der Waals surface area contributed by atoms with Gasteiger partial charge in [-0.1, -0.05) is 18.2 Å². The van der Waals surface area contributed by atoms with Crippen molar-refractivity contribution < 1.29 is 9.53 Å². The molecule has 25 heavy (non-hydrogen) atoms. The maximum atomic E-state index is 11.7. The second-order valence-corrected chi connectivity index (χ2v) is 5.20. The molecule has 0 bridgehead atoms. The number of carbonyl (C=O) groups excluding carboxylic acids is 1. The first-order chi connectivity index (χ1) is 12.2. The Morgan fingerprint density at radius 2 is 1.52 bits per heavy atom. The highest BCUT2D eigenvalue weighted by molar-refractivity contribution is 5.89. The van der Waals surface area contributed by atoms with Crippen LogP contribution in [0, 0.1) is 0 Å². The topological polar surface area (TPSA) is 76.1 Å². The van der Waals surface area contributed by atoms with Crippen LogP contribution >= 0.6 is 0 Å². The summed E-state index contributed by atoms with van der Waals surface area (Å²) in [5, 5.41) is 6.40. The van der Waals surface area contributed by atoms with E-state index < -0.39 is 0 Å². The highest BCUT2D eigenvalue weighted by atomic mass is 16.5. The number of hydrogen-bond acceptors (Lipinski definition) is 6. The van der Waals surface area contributed by atoms with Crippen LogP contribution in [0.4, 0.5) is 23.0 Å². The first kappa shape index (κ1) is 16.4. The summed E-state index contributed by atoms with van der Waals surface area (Å²) in [4.78, 5) is 20.1. The van der Waals surface area contributed by atoms with Crippen LogP contribution in [0.3, 0.4) is 0 Å². The molecular weight excluding hydrogens is 316 g/mol. The molecule has 3 aromatic rings. The lowest BCUT2D eigenvalue weighted by Gasteiger charge is -2.09. The van der Waals surface area contributed by atoms with Gasteiger partial charge in [0.25, 0.3) is 0 Å². The molecule has 0 saturated heterocycles. The summed E-state index contributed by atoms with van der Waals surface area (Å²) < 4.78 is 4.97. The van der Waals surface area contributed by atoms with Gasteiger partial charge in [-0.2, -0.15) is 0 Å². The molecule has 1 heterocycles. The zero-order valence-electron chi connectivity index (χ0n) is 13.8. The standard InChI is InChI=1S/C19H18N4O2/c1-2-25-19(24)14-8-10-16(11-9-14)23-18-12-17(20-13-21-18)22-15-6-4-3-5-7-15/h3-13H,2H2,1H3,(H2,20,21,22,23). The number of aromatic nitrogens is 2. The van der Waals surface area contributed by atoms with Gasteiger partial charge in [-0.05, 0) is 43.3 Å². The number of benzene rings is 2. The average molecular weight is 334 g/mol. The molecule has 0 radical (unpaired) electrons. The zero-order chi connectivity index (χ0) is 17.5. The number of carbonyl (C=O) groups is 1. The molecular formula is C19H18N4O2. The lowest BCUT2D eigenvalue weighted by Crippen LogP contribution is -2.04. The van der Waals surface area contributed by atoms with Crippen LogP contribution < -0.4 is 10.6 Å². The molecule has 0 spiro atoms. The summed E-state index contributed by atoms with van der Waals surface area (Å²) in [7, 11) is 0. The van der Waals surface area contributed by atoms with E-state index in [1.165, 1.54) is 6.33 Å². The molecule has 0 saturated carbocycles. The van der Waals surface area contributed by atoms with E-state index in [0.29, 0.717) is 23.8 Å². The van der Waals surface area contributed by atoms with E-state index in [9.17, 15) is 4.79 Å². The summed E-state index contributed by atoms with van der Waals surface area (Å²) in [6.45, 7) is 2.14. The van der Waals surface area contributed by atoms with Crippen molar-refractivity contribution in [2.45, 2.75) is 6.92 Å². The first-order valence-corrected chi connectivity index (χ1v) is 7.93. The average Bonchev–Trinajstić information content (AvgIpc) is 2.64. The predicted molar refractivity (Wildman–Crippen MR) is 97.4 cm³/mol. The van der Waals surface area contributed by atoms with E-state index in [-0.39, 0.29) is 5.97 Å². The summed E-state index contributed by atoms with van der Waals surface area (Å²) >= 11 is 0. The second kappa shape index (κ2) is 7.92. The van der Waals surface area contributed by atoms with Crippen molar-refractivity contribution in [2.24, 2.45) is 0 Å². The van der Waals surface area contributed by atoms with Gasteiger partial charge in [0.05, 0.1) is 12.2 Å². The van der Waals surface area contributed by atoms with Crippen molar-refractivity contribution >= 4 is 29.0 Å². The molecule has 2 N–H and O–H groups in total. The number of nitrogens with zero attached hydrogens (tertiary/aromatic N) is 2. The Hall–Kier alpha value is -3.41. The van der Waals surface area contributed by atoms with Gasteiger partial charge in [-0.15, -0.1) is 0 Å². The molecule has 0 aliphatic heterocycles.